The van der Waals surface area contributed by atoms with E-state index >= 15 is 0 Å². The monoisotopic (exact) mass is 597 g/mol. The van der Waals surface area contributed by atoms with Crippen LogP contribution in [-0.4, -0.2) is 23.0 Å². The van der Waals surface area contributed by atoms with Gasteiger partial charge in [0.05, 0.1) is 16.1 Å². The van der Waals surface area contributed by atoms with Gasteiger partial charge in [0, 0.05) is 24.7 Å². The molecule has 200 valence electrons. The number of hydrogen-bond acceptors (Lipinski definition) is 6. The van der Waals surface area contributed by atoms with Gasteiger partial charge in [-0.15, -0.1) is 0 Å². The molecule has 0 bridgehead atoms. The molecule has 4 aromatic rings. The maximum absolute atomic E-state index is 13.0. The number of aromatic nitrogens is 3. The van der Waals surface area contributed by atoms with E-state index in [0.717, 1.165) is 16.7 Å². The van der Waals surface area contributed by atoms with Crippen LogP contribution in [0, 0.1) is 0 Å². The van der Waals surface area contributed by atoms with Crippen molar-refractivity contribution in [3.05, 3.63) is 88.3 Å². The standard InChI is InChI=1S/C22H11Cl2F6N3O4S/c23-16-7-12(21(25,26)27)10-31-19(16)33-6-2-5-18(33)38(34,35)37-15-4-1-3-14(9-15)36-20-17(24)8-13(11-32-20)22(28,29)30/h1-11H. The van der Waals surface area contributed by atoms with E-state index in [1.54, 1.807) is 0 Å². The van der Waals surface area contributed by atoms with Crippen molar-refractivity contribution in [1.29, 1.82) is 0 Å². The van der Waals surface area contributed by atoms with E-state index in [1.807, 2.05) is 0 Å². The number of hydrogen-bond donors (Lipinski definition) is 0. The van der Waals surface area contributed by atoms with Gasteiger partial charge in [-0.05, 0) is 36.4 Å². The molecule has 0 saturated heterocycles. The molecule has 0 aliphatic rings. The lowest BCUT2D eigenvalue weighted by Gasteiger charge is -2.14. The minimum absolute atomic E-state index is 0.0744. The Morgan fingerprint density at radius 2 is 1.39 bits per heavy atom. The van der Waals surface area contributed by atoms with E-state index in [1.165, 1.54) is 30.5 Å². The molecule has 0 spiro atoms. The number of halogens is 8. The van der Waals surface area contributed by atoms with Crippen LogP contribution in [0.1, 0.15) is 11.1 Å². The second kappa shape index (κ2) is 10.0. The van der Waals surface area contributed by atoms with E-state index in [2.05, 4.69) is 9.97 Å². The van der Waals surface area contributed by atoms with Crippen LogP contribution in [0.2, 0.25) is 10.0 Å². The minimum atomic E-state index is -4.71. The summed E-state index contributed by atoms with van der Waals surface area (Å²) in [5.74, 6) is -1.03. The van der Waals surface area contributed by atoms with Crippen molar-refractivity contribution in [2.45, 2.75) is 17.4 Å². The lowest BCUT2D eigenvalue weighted by molar-refractivity contribution is -0.138. The summed E-state index contributed by atoms with van der Waals surface area (Å²) in [5.41, 5.74) is -2.22. The molecule has 1 aromatic carbocycles. The average Bonchev–Trinajstić information content (AvgIpc) is 3.30. The van der Waals surface area contributed by atoms with Gasteiger partial charge in [0.2, 0.25) is 5.88 Å². The van der Waals surface area contributed by atoms with Crippen molar-refractivity contribution < 1.29 is 43.7 Å². The van der Waals surface area contributed by atoms with Gasteiger partial charge < -0.3 is 8.92 Å². The third-order valence-electron chi connectivity index (χ3n) is 4.71. The summed E-state index contributed by atoms with van der Waals surface area (Å²) in [7, 11) is -4.60. The molecule has 3 aromatic heterocycles. The third-order valence-corrected chi connectivity index (χ3v) is 6.51. The molecule has 0 N–H and O–H groups in total. The zero-order valence-electron chi connectivity index (χ0n) is 18.3. The van der Waals surface area contributed by atoms with E-state index in [-0.39, 0.29) is 23.2 Å². The highest BCUT2D eigenvalue weighted by Gasteiger charge is 2.33. The van der Waals surface area contributed by atoms with Gasteiger partial charge >= 0.3 is 22.5 Å². The largest absolute Gasteiger partial charge is 0.437 e. The Morgan fingerprint density at radius 3 is 2.00 bits per heavy atom. The van der Waals surface area contributed by atoms with Gasteiger partial charge in [-0.3, -0.25) is 4.57 Å². The van der Waals surface area contributed by atoms with Gasteiger partial charge in [0.15, 0.2) is 10.8 Å². The second-order valence-corrected chi connectivity index (χ2v) is 9.67. The molecule has 0 saturated carbocycles. The first-order valence-corrected chi connectivity index (χ1v) is 12.2. The predicted octanol–water partition coefficient (Wildman–Crippen LogP) is 7.17. The smallest absolute Gasteiger partial charge is 0.417 e. The van der Waals surface area contributed by atoms with Crippen molar-refractivity contribution >= 4 is 33.3 Å². The third kappa shape index (κ3) is 5.97. The molecule has 16 heteroatoms. The summed E-state index contributed by atoms with van der Waals surface area (Å²) in [6.45, 7) is 0. The normalized spacial score (nSPS) is 12.4. The SMILES string of the molecule is O=S(=O)(Oc1cccc(Oc2ncc(C(F)(F)F)cc2Cl)c1)c1cccn1-c1ncc(C(F)(F)F)cc1Cl. The zero-order valence-corrected chi connectivity index (χ0v) is 20.6. The van der Waals surface area contributed by atoms with E-state index in [0.29, 0.717) is 24.5 Å². The van der Waals surface area contributed by atoms with Crippen LogP contribution in [0.5, 0.6) is 17.4 Å². The minimum Gasteiger partial charge on any atom is -0.437 e. The number of nitrogens with zero attached hydrogens (tertiary/aromatic N) is 3. The number of rotatable bonds is 6. The summed E-state index contributed by atoms with van der Waals surface area (Å²) < 4.78 is 115. The van der Waals surface area contributed by atoms with Crippen molar-refractivity contribution in [2.24, 2.45) is 0 Å². The average molecular weight is 598 g/mol. The van der Waals surface area contributed by atoms with Crippen LogP contribution in [-0.2, 0) is 22.5 Å². The van der Waals surface area contributed by atoms with E-state index in [4.69, 9.17) is 32.1 Å². The Bertz CT molecular complexity index is 1610. The van der Waals surface area contributed by atoms with Crippen LogP contribution in [0.3, 0.4) is 0 Å². The number of pyridine rings is 2. The fourth-order valence-electron chi connectivity index (χ4n) is 3.03. The van der Waals surface area contributed by atoms with Gasteiger partial charge in [-0.1, -0.05) is 29.3 Å². The number of ether oxygens (including phenoxy) is 1. The summed E-state index contributed by atoms with van der Waals surface area (Å²) in [5, 5.41) is -1.42. The zero-order chi connectivity index (χ0) is 27.9. The molecule has 4 rings (SSSR count). The molecule has 0 aliphatic heterocycles. The highest BCUT2D eigenvalue weighted by atomic mass is 35.5. The van der Waals surface area contributed by atoms with Crippen LogP contribution < -0.4 is 8.92 Å². The molecular formula is C22H11Cl2F6N3O4S. The highest BCUT2D eigenvalue weighted by Crippen LogP contribution is 2.36. The topological polar surface area (TPSA) is 83.3 Å². The number of alkyl halides is 6. The first-order chi connectivity index (χ1) is 17.6. The first kappa shape index (κ1) is 27.5. The molecule has 0 aliphatic carbocycles. The Balaban J connectivity index is 1.59. The molecule has 0 atom stereocenters. The highest BCUT2D eigenvalue weighted by molar-refractivity contribution is 7.87. The molecule has 3 heterocycles. The maximum atomic E-state index is 13.0. The lowest BCUT2D eigenvalue weighted by atomic mass is 10.3. The van der Waals surface area contributed by atoms with Crippen LogP contribution >= 0.6 is 23.2 Å². The van der Waals surface area contributed by atoms with Crippen LogP contribution in [0.15, 0.2) is 72.1 Å². The molecule has 38 heavy (non-hydrogen) atoms. The Kier molecular flexibility index (Phi) is 7.25. The summed E-state index contributed by atoms with van der Waals surface area (Å²) in [6, 6.07) is 8.61. The van der Waals surface area contributed by atoms with Gasteiger partial charge in [0.25, 0.3) is 0 Å². The van der Waals surface area contributed by atoms with Gasteiger partial charge in [-0.25, -0.2) is 9.97 Å². The molecule has 0 radical (unpaired) electrons. The molecule has 0 amide bonds. The van der Waals surface area contributed by atoms with Gasteiger partial charge in [0.1, 0.15) is 16.5 Å². The van der Waals surface area contributed by atoms with Crippen LogP contribution in [0.4, 0.5) is 26.3 Å². The van der Waals surface area contributed by atoms with Crippen LogP contribution in [0.25, 0.3) is 5.82 Å². The fourth-order valence-corrected chi connectivity index (χ4v) is 4.57. The van der Waals surface area contributed by atoms with Crippen molar-refractivity contribution in [3.8, 4) is 23.2 Å². The van der Waals surface area contributed by atoms with Crippen molar-refractivity contribution in [3.63, 3.8) is 0 Å². The molecule has 0 unspecified atom stereocenters. The lowest BCUT2D eigenvalue weighted by Crippen LogP contribution is -2.15. The molecular weight excluding hydrogens is 587 g/mol. The van der Waals surface area contributed by atoms with E-state index in [9.17, 15) is 34.8 Å². The Labute approximate surface area is 220 Å². The van der Waals surface area contributed by atoms with E-state index < -0.39 is 48.7 Å². The summed E-state index contributed by atoms with van der Waals surface area (Å²) in [4.78, 5) is 7.17. The molecule has 0 fully saturated rings. The fraction of sp³-hybridized carbons (Fsp3) is 0.0909. The Morgan fingerprint density at radius 1 is 0.789 bits per heavy atom. The van der Waals surface area contributed by atoms with Crippen molar-refractivity contribution in [1.82, 2.24) is 14.5 Å². The van der Waals surface area contributed by atoms with Crippen molar-refractivity contribution in [2.75, 3.05) is 0 Å². The quantitative estimate of drug-likeness (QED) is 0.173. The molecule has 7 nitrogen and oxygen atoms in total. The number of benzene rings is 1. The van der Waals surface area contributed by atoms with Gasteiger partial charge in [-0.2, -0.15) is 34.8 Å². The Hall–Kier alpha value is -3.49. The second-order valence-electron chi connectivity index (χ2n) is 7.37. The first-order valence-electron chi connectivity index (χ1n) is 10.0. The summed E-state index contributed by atoms with van der Waals surface area (Å²) >= 11 is 11.8. The summed E-state index contributed by atoms with van der Waals surface area (Å²) in [6.07, 6.45) is -7.16. The predicted molar refractivity (Wildman–Crippen MR) is 122 cm³/mol. The maximum Gasteiger partial charge on any atom is 0.417 e.